The van der Waals surface area contributed by atoms with E-state index in [1.54, 1.807) is 11.8 Å². The molecule has 1 fully saturated rings. The number of thioether (sulfide) groups is 1. The summed E-state index contributed by atoms with van der Waals surface area (Å²) in [7, 11) is 2.11. The number of benzene rings is 2. The molecular weight excluding hydrogens is 326 g/mol. The van der Waals surface area contributed by atoms with Gasteiger partial charge in [-0.2, -0.15) is 0 Å². The van der Waals surface area contributed by atoms with E-state index in [9.17, 15) is 0 Å². The van der Waals surface area contributed by atoms with Gasteiger partial charge in [-0.05, 0) is 22.3 Å². The first-order valence-electron chi connectivity index (χ1n) is 9.29. The Morgan fingerprint density at radius 3 is 2.68 bits per heavy atom. The van der Waals surface area contributed by atoms with Gasteiger partial charge >= 0.3 is 0 Å². The van der Waals surface area contributed by atoms with Crippen LogP contribution in [0.25, 0.3) is 10.8 Å². The minimum Gasteiger partial charge on any atom is -0.309 e. The van der Waals surface area contributed by atoms with E-state index in [4.69, 9.17) is 0 Å². The Morgan fingerprint density at radius 2 is 1.80 bits per heavy atom. The average molecular weight is 352 g/mol. The fourth-order valence-corrected chi connectivity index (χ4v) is 4.79. The van der Waals surface area contributed by atoms with Crippen molar-refractivity contribution in [3.8, 4) is 0 Å². The third kappa shape index (κ3) is 3.74. The lowest BCUT2D eigenvalue weighted by molar-refractivity contribution is 0.348. The van der Waals surface area contributed by atoms with Gasteiger partial charge in [-0.3, -0.25) is 0 Å². The lowest BCUT2D eigenvalue weighted by Gasteiger charge is -2.20. The normalized spacial score (nSPS) is 15.7. The fourth-order valence-electron chi connectivity index (χ4n) is 3.86. The lowest BCUT2D eigenvalue weighted by Crippen LogP contribution is -2.12. The molecule has 1 saturated carbocycles. The van der Waals surface area contributed by atoms with E-state index in [2.05, 4.69) is 64.3 Å². The second-order valence-corrected chi connectivity index (χ2v) is 8.04. The molecule has 0 radical (unpaired) electrons. The standard InChI is InChI=1S/C21H25N3S/c1-24-20(14-16-8-3-2-4-9-16)22-23-21(24)25-15-18-12-7-11-17-10-5-6-13-19(17)18/h5-7,10-13,16H,2-4,8-9,14-15H2,1H3. The van der Waals surface area contributed by atoms with Gasteiger partial charge in [0.15, 0.2) is 5.16 Å². The van der Waals surface area contributed by atoms with Crippen molar-refractivity contribution < 1.29 is 0 Å². The highest BCUT2D eigenvalue weighted by Gasteiger charge is 2.18. The topological polar surface area (TPSA) is 30.7 Å². The van der Waals surface area contributed by atoms with Gasteiger partial charge in [0, 0.05) is 19.2 Å². The van der Waals surface area contributed by atoms with Gasteiger partial charge in [-0.15, -0.1) is 10.2 Å². The third-order valence-corrected chi connectivity index (χ3v) is 6.43. The van der Waals surface area contributed by atoms with E-state index in [1.807, 2.05) is 0 Å². The Hall–Kier alpha value is -1.81. The summed E-state index contributed by atoms with van der Waals surface area (Å²) in [4.78, 5) is 0. The van der Waals surface area contributed by atoms with Crippen molar-refractivity contribution in [2.24, 2.45) is 13.0 Å². The molecule has 0 spiro atoms. The number of fused-ring (bicyclic) bond motifs is 1. The summed E-state index contributed by atoms with van der Waals surface area (Å²) >= 11 is 1.79. The molecule has 0 N–H and O–H groups in total. The van der Waals surface area contributed by atoms with Crippen molar-refractivity contribution in [2.75, 3.05) is 0 Å². The van der Waals surface area contributed by atoms with Gasteiger partial charge < -0.3 is 4.57 Å². The highest BCUT2D eigenvalue weighted by Crippen LogP contribution is 2.29. The first-order valence-corrected chi connectivity index (χ1v) is 10.3. The van der Waals surface area contributed by atoms with E-state index in [0.29, 0.717) is 0 Å². The van der Waals surface area contributed by atoms with Crippen LogP contribution in [-0.4, -0.2) is 14.8 Å². The largest absolute Gasteiger partial charge is 0.309 e. The summed E-state index contributed by atoms with van der Waals surface area (Å²) in [5.74, 6) is 2.87. The van der Waals surface area contributed by atoms with Crippen molar-refractivity contribution in [3.05, 3.63) is 53.9 Å². The van der Waals surface area contributed by atoms with E-state index in [-0.39, 0.29) is 0 Å². The summed E-state index contributed by atoms with van der Waals surface area (Å²) in [5.41, 5.74) is 1.36. The maximum absolute atomic E-state index is 4.48. The van der Waals surface area contributed by atoms with Crippen molar-refractivity contribution >= 4 is 22.5 Å². The Kier molecular flexibility index (Phi) is 5.07. The van der Waals surface area contributed by atoms with E-state index in [0.717, 1.165) is 29.1 Å². The van der Waals surface area contributed by atoms with Crippen LogP contribution in [0.4, 0.5) is 0 Å². The zero-order chi connectivity index (χ0) is 17.1. The molecule has 0 saturated heterocycles. The lowest BCUT2D eigenvalue weighted by atomic mass is 9.87. The average Bonchev–Trinajstić information content (AvgIpc) is 3.00. The minimum absolute atomic E-state index is 0.799. The molecule has 0 amide bonds. The number of nitrogens with zero attached hydrogens (tertiary/aromatic N) is 3. The highest BCUT2D eigenvalue weighted by molar-refractivity contribution is 7.98. The molecule has 4 heteroatoms. The summed E-state index contributed by atoms with van der Waals surface area (Å²) in [6.45, 7) is 0. The van der Waals surface area contributed by atoms with E-state index in [1.165, 1.54) is 48.4 Å². The molecule has 0 bridgehead atoms. The monoisotopic (exact) mass is 351 g/mol. The molecule has 1 heterocycles. The molecule has 1 aliphatic carbocycles. The molecule has 1 aromatic heterocycles. The molecule has 1 aliphatic rings. The van der Waals surface area contributed by atoms with Gasteiger partial charge in [-0.1, -0.05) is 86.3 Å². The summed E-state index contributed by atoms with van der Waals surface area (Å²) < 4.78 is 2.20. The first-order chi connectivity index (χ1) is 12.3. The second-order valence-electron chi connectivity index (χ2n) is 7.09. The van der Waals surface area contributed by atoms with Gasteiger partial charge in [0.2, 0.25) is 0 Å². The van der Waals surface area contributed by atoms with Gasteiger partial charge in [0.05, 0.1) is 0 Å². The van der Waals surface area contributed by atoms with Crippen LogP contribution in [0, 0.1) is 5.92 Å². The van der Waals surface area contributed by atoms with Crippen molar-refractivity contribution in [3.63, 3.8) is 0 Å². The molecule has 4 rings (SSSR count). The molecule has 130 valence electrons. The van der Waals surface area contributed by atoms with Crippen LogP contribution >= 0.6 is 11.8 Å². The number of hydrogen-bond donors (Lipinski definition) is 0. The van der Waals surface area contributed by atoms with Crippen LogP contribution in [0.15, 0.2) is 47.6 Å². The first kappa shape index (κ1) is 16.6. The SMILES string of the molecule is Cn1c(CC2CCCCC2)nnc1SCc1cccc2ccccc12. The fraction of sp³-hybridized carbons (Fsp3) is 0.429. The maximum Gasteiger partial charge on any atom is 0.191 e. The Balaban J connectivity index is 1.46. The van der Waals surface area contributed by atoms with Crippen molar-refractivity contribution in [1.82, 2.24) is 14.8 Å². The van der Waals surface area contributed by atoms with Crippen LogP contribution < -0.4 is 0 Å². The van der Waals surface area contributed by atoms with Crippen molar-refractivity contribution in [2.45, 2.75) is 49.4 Å². The van der Waals surface area contributed by atoms with Crippen LogP contribution in [0.5, 0.6) is 0 Å². The van der Waals surface area contributed by atoms with Crippen LogP contribution in [0.3, 0.4) is 0 Å². The number of aromatic nitrogens is 3. The molecule has 0 atom stereocenters. The van der Waals surface area contributed by atoms with Crippen molar-refractivity contribution in [1.29, 1.82) is 0 Å². The third-order valence-electron chi connectivity index (χ3n) is 5.36. The Bertz CT molecular complexity index is 844. The van der Waals surface area contributed by atoms with Crippen LogP contribution in [-0.2, 0) is 19.2 Å². The van der Waals surface area contributed by atoms with Gasteiger partial charge in [-0.25, -0.2) is 0 Å². The molecule has 3 nitrogen and oxygen atoms in total. The highest BCUT2D eigenvalue weighted by atomic mass is 32.2. The second kappa shape index (κ2) is 7.61. The molecule has 0 aliphatic heterocycles. The zero-order valence-electron chi connectivity index (χ0n) is 14.8. The smallest absolute Gasteiger partial charge is 0.191 e. The molecule has 0 unspecified atom stereocenters. The number of rotatable bonds is 5. The quantitative estimate of drug-likeness (QED) is 0.578. The van der Waals surface area contributed by atoms with E-state index < -0.39 is 0 Å². The Morgan fingerprint density at radius 1 is 1.00 bits per heavy atom. The minimum atomic E-state index is 0.799. The van der Waals surface area contributed by atoms with E-state index >= 15 is 0 Å². The molecule has 2 aromatic carbocycles. The molecule has 3 aromatic rings. The predicted octanol–water partition coefficient (Wildman–Crippen LogP) is 5.38. The summed E-state index contributed by atoms with van der Waals surface area (Å²) in [6, 6.07) is 15.1. The van der Waals surface area contributed by atoms with Crippen LogP contribution in [0.2, 0.25) is 0 Å². The Labute approximate surface area is 153 Å². The van der Waals surface area contributed by atoms with Gasteiger partial charge in [0.25, 0.3) is 0 Å². The molecule has 25 heavy (non-hydrogen) atoms. The maximum atomic E-state index is 4.48. The zero-order valence-corrected chi connectivity index (χ0v) is 15.6. The summed E-state index contributed by atoms with van der Waals surface area (Å²) in [6.07, 6.45) is 7.95. The number of hydrogen-bond acceptors (Lipinski definition) is 3. The van der Waals surface area contributed by atoms with Crippen LogP contribution in [0.1, 0.15) is 43.5 Å². The van der Waals surface area contributed by atoms with Gasteiger partial charge in [0.1, 0.15) is 5.82 Å². The predicted molar refractivity (Wildman–Crippen MR) is 105 cm³/mol. The molecular formula is C21H25N3S. The summed E-state index contributed by atoms with van der Waals surface area (Å²) in [5, 5.41) is 12.6.